The quantitative estimate of drug-likeness (QED) is 0.232. The van der Waals surface area contributed by atoms with Gasteiger partial charge in [-0.05, 0) is 29.0 Å². The second kappa shape index (κ2) is 9.86. The van der Waals surface area contributed by atoms with Gasteiger partial charge in [0.2, 0.25) is 6.10 Å². The molecule has 0 aliphatic carbocycles. The van der Waals surface area contributed by atoms with Crippen molar-refractivity contribution in [2.75, 3.05) is 5.75 Å². The number of esters is 2. The van der Waals surface area contributed by atoms with Gasteiger partial charge in [0.25, 0.3) is 10.1 Å². The summed E-state index contributed by atoms with van der Waals surface area (Å²) in [6.07, 6.45) is -8.48. The van der Waals surface area contributed by atoms with Crippen LogP contribution in [0.25, 0.3) is 10.8 Å². The Morgan fingerprint density at radius 3 is 2.29 bits per heavy atom. The summed E-state index contributed by atoms with van der Waals surface area (Å²) >= 11 is 0. The molecule has 1 unspecified atom stereocenters. The zero-order valence-electron chi connectivity index (χ0n) is 17.3. The fourth-order valence-electron chi connectivity index (χ4n) is 3.08. The van der Waals surface area contributed by atoms with Crippen LogP contribution in [0.3, 0.4) is 0 Å². The highest BCUT2D eigenvalue weighted by Crippen LogP contribution is 2.29. The summed E-state index contributed by atoms with van der Waals surface area (Å²) in [5, 5.41) is 1.27. The predicted octanol–water partition coefficient (Wildman–Crippen LogP) is 3.70. The van der Waals surface area contributed by atoms with Crippen molar-refractivity contribution >= 4 is 40.7 Å². The number of carbonyl (C=O) groups excluding carboxylic acids is 2. The first-order valence-corrected chi connectivity index (χ1v) is 11.3. The van der Waals surface area contributed by atoms with Crippen LogP contribution in [0.5, 0.6) is 5.75 Å². The Kier molecular flexibility index (Phi) is 7.32. The second-order valence-corrected chi connectivity index (χ2v) is 8.63. The summed E-state index contributed by atoms with van der Waals surface area (Å²) in [4.78, 5) is 25.4. The van der Waals surface area contributed by atoms with Gasteiger partial charge < -0.3 is 9.47 Å². The van der Waals surface area contributed by atoms with Crippen molar-refractivity contribution in [2.24, 2.45) is 0 Å². The first kappa shape index (κ1) is 25.3. The fraction of sp³-hybridized carbons (Fsp3) is 0.182. The van der Waals surface area contributed by atoms with Crippen LogP contribution in [0.4, 0.5) is 13.2 Å². The first-order valence-electron chi connectivity index (χ1n) is 9.65. The van der Waals surface area contributed by atoms with Gasteiger partial charge >= 0.3 is 18.1 Å². The van der Waals surface area contributed by atoms with E-state index in [1.807, 2.05) is 0 Å². The van der Waals surface area contributed by atoms with E-state index < -0.39 is 51.4 Å². The van der Waals surface area contributed by atoms with Crippen molar-refractivity contribution in [1.82, 2.24) is 0 Å². The molecule has 34 heavy (non-hydrogen) atoms. The topological polar surface area (TPSA) is 107 Å². The Labute approximate surface area is 193 Å². The zero-order valence-corrected chi connectivity index (χ0v) is 18.1. The molecular formula is C22H16BF3O7S. The van der Waals surface area contributed by atoms with Crippen molar-refractivity contribution in [2.45, 2.75) is 18.6 Å². The number of alkyl halides is 3. The van der Waals surface area contributed by atoms with Crippen molar-refractivity contribution in [3.8, 4) is 5.75 Å². The highest BCUT2D eigenvalue weighted by Gasteiger charge is 2.45. The Hall–Kier alpha value is -3.38. The van der Waals surface area contributed by atoms with Crippen LogP contribution in [-0.2, 0) is 21.2 Å². The SMILES string of the molecule is [B]Cc1ccc(C(=O)OC(CS(=O)(=O)O)C(F)(F)F)c(OC(=O)c2cccc3ccccc23)c1. The molecule has 12 heteroatoms. The molecule has 0 heterocycles. The van der Waals surface area contributed by atoms with E-state index in [-0.39, 0.29) is 11.9 Å². The van der Waals surface area contributed by atoms with E-state index in [2.05, 4.69) is 4.74 Å². The van der Waals surface area contributed by atoms with Gasteiger partial charge in [-0.3, -0.25) is 4.55 Å². The molecule has 0 spiro atoms. The minimum Gasteiger partial charge on any atom is -0.448 e. The molecule has 3 rings (SSSR count). The van der Waals surface area contributed by atoms with Gasteiger partial charge in [-0.15, -0.1) is 0 Å². The molecule has 176 valence electrons. The highest BCUT2D eigenvalue weighted by atomic mass is 32.2. The molecule has 0 fully saturated rings. The predicted molar refractivity (Wildman–Crippen MR) is 116 cm³/mol. The molecule has 0 aliphatic rings. The Balaban J connectivity index is 1.96. The molecular weight excluding hydrogens is 476 g/mol. The molecule has 1 N–H and O–H groups in total. The molecule has 3 aromatic carbocycles. The monoisotopic (exact) mass is 492 g/mol. The van der Waals surface area contributed by atoms with Crippen molar-refractivity contribution in [1.29, 1.82) is 0 Å². The number of rotatable bonds is 7. The normalized spacial score (nSPS) is 12.8. The molecule has 0 aromatic heterocycles. The first-order chi connectivity index (χ1) is 15.9. The lowest BCUT2D eigenvalue weighted by atomic mass is 9.96. The number of hydrogen-bond acceptors (Lipinski definition) is 6. The fourth-order valence-corrected chi connectivity index (χ4v) is 3.72. The van der Waals surface area contributed by atoms with Gasteiger partial charge in [0.15, 0.2) is 0 Å². The Morgan fingerprint density at radius 1 is 0.971 bits per heavy atom. The van der Waals surface area contributed by atoms with Crippen LogP contribution in [0.15, 0.2) is 60.7 Å². The van der Waals surface area contributed by atoms with E-state index in [9.17, 15) is 31.2 Å². The van der Waals surface area contributed by atoms with Gasteiger partial charge in [-0.25, -0.2) is 9.59 Å². The van der Waals surface area contributed by atoms with E-state index in [1.165, 1.54) is 18.2 Å². The number of benzene rings is 3. The summed E-state index contributed by atoms with van der Waals surface area (Å²) in [7, 11) is 0.439. The van der Waals surface area contributed by atoms with E-state index in [4.69, 9.17) is 17.1 Å². The smallest absolute Gasteiger partial charge is 0.426 e. The number of fused-ring (bicyclic) bond motifs is 1. The maximum absolute atomic E-state index is 13.2. The third-order valence-electron chi connectivity index (χ3n) is 4.69. The third-order valence-corrected chi connectivity index (χ3v) is 5.41. The second-order valence-electron chi connectivity index (χ2n) is 7.14. The molecule has 0 aliphatic heterocycles. The van der Waals surface area contributed by atoms with Crippen molar-refractivity contribution < 1.29 is 45.2 Å². The molecule has 0 amide bonds. The molecule has 0 saturated carbocycles. The lowest BCUT2D eigenvalue weighted by molar-refractivity contribution is -0.197. The van der Waals surface area contributed by atoms with E-state index in [0.717, 1.165) is 11.5 Å². The maximum atomic E-state index is 13.2. The maximum Gasteiger partial charge on any atom is 0.426 e. The summed E-state index contributed by atoms with van der Waals surface area (Å²) < 4.78 is 79.8. The van der Waals surface area contributed by atoms with Crippen LogP contribution >= 0.6 is 0 Å². The Morgan fingerprint density at radius 2 is 1.65 bits per heavy atom. The van der Waals surface area contributed by atoms with E-state index >= 15 is 0 Å². The minimum atomic E-state index is -5.29. The lowest BCUT2D eigenvalue weighted by Gasteiger charge is -2.20. The summed E-state index contributed by atoms with van der Waals surface area (Å²) in [5.41, 5.74) is -0.0481. The van der Waals surface area contributed by atoms with Gasteiger partial charge in [0.05, 0.1) is 13.4 Å². The largest absolute Gasteiger partial charge is 0.448 e. The average molecular weight is 492 g/mol. The minimum absolute atomic E-state index is 0.0396. The van der Waals surface area contributed by atoms with Crippen LogP contribution in [0, 0.1) is 0 Å². The number of hydrogen-bond donors (Lipinski definition) is 1. The van der Waals surface area contributed by atoms with Crippen LogP contribution in [0.1, 0.15) is 26.3 Å². The van der Waals surface area contributed by atoms with Crippen molar-refractivity contribution in [3.63, 3.8) is 0 Å². The highest BCUT2D eigenvalue weighted by molar-refractivity contribution is 7.85. The van der Waals surface area contributed by atoms with E-state index in [0.29, 0.717) is 10.9 Å². The van der Waals surface area contributed by atoms with Gasteiger partial charge in [0, 0.05) is 0 Å². The van der Waals surface area contributed by atoms with Crippen molar-refractivity contribution in [3.05, 3.63) is 77.4 Å². The lowest BCUT2D eigenvalue weighted by Crippen LogP contribution is -2.39. The molecule has 0 saturated heterocycles. The van der Waals surface area contributed by atoms with Gasteiger partial charge in [-0.2, -0.15) is 21.6 Å². The van der Waals surface area contributed by atoms with Crippen LogP contribution in [-0.4, -0.2) is 50.8 Å². The summed E-state index contributed by atoms with van der Waals surface area (Å²) in [6, 6.07) is 15.3. The van der Waals surface area contributed by atoms with Crippen LogP contribution < -0.4 is 4.74 Å². The number of halogens is 3. The van der Waals surface area contributed by atoms with Crippen LogP contribution in [0.2, 0.25) is 0 Å². The van der Waals surface area contributed by atoms with E-state index in [1.54, 1.807) is 36.4 Å². The summed E-state index contributed by atoms with van der Waals surface area (Å²) in [5.74, 6) is -4.84. The number of carbonyl (C=O) groups is 2. The third kappa shape index (κ3) is 6.14. The molecule has 2 radical (unpaired) electrons. The number of ether oxygens (including phenoxy) is 2. The average Bonchev–Trinajstić information content (AvgIpc) is 2.76. The Bertz CT molecular complexity index is 1330. The standard InChI is InChI=1S/C22H16BF3O7S/c23-11-13-8-9-17(21(28)33-19(22(24,25)26)12-34(29,30)31)18(10-13)32-20(27)16-7-3-5-14-4-1-2-6-15(14)16/h1-10,19H,11-12H2,(H,29,30,31). The molecule has 1 atom stereocenters. The molecule has 0 bridgehead atoms. The van der Waals surface area contributed by atoms with Gasteiger partial charge in [-0.1, -0.05) is 54.3 Å². The molecule has 7 nitrogen and oxygen atoms in total. The van der Waals surface area contributed by atoms with Gasteiger partial charge in [0.1, 0.15) is 17.1 Å². The zero-order chi connectivity index (χ0) is 25.1. The molecule has 3 aromatic rings. The summed E-state index contributed by atoms with van der Waals surface area (Å²) in [6.45, 7) is 0.